The SMILES string of the molecule is N#CCNC(=O)[C@H](CC1CCCCC1)NC(=O)N1CCN(C(=O)c2ccco2)CC1. The van der Waals surface area contributed by atoms with Crippen LogP contribution in [0.4, 0.5) is 4.79 Å². The first kappa shape index (κ1) is 21.7. The molecule has 9 heteroatoms. The molecule has 0 spiro atoms. The third-order valence-corrected chi connectivity index (χ3v) is 5.84. The quantitative estimate of drug-likeness (QED) is 0.686. The van der Waals surface area contributed by atoms with Crippen LogP contribution in [0.3, 0.4) is 0 Å². The van der Waals surface area contributed by atoms with E-state index in [1.165, 1.54) is 12.7 Å². The summed E-state index contributed by atoms with van der Waals surface area (Å²) in [6.45, 7) is 1.49. The van der Waals surface area contributed by atoms with E-state index in [9.17, 15) is 14.4 Å². The molecule has 0 aromatic carbocycles. The molecule has 9 nitrogen and oxygen atoms in total. The van der Waals surface area contributed by atoms with E-state index >= 15 is 0 Å². The van der Waals surface area contributed by atoms with Crippen LogP contribution in [-0.2, 0) is 4.79 Å². The van der Waals surface area contributed by atoms with Gasteiger partial charge in [0.05, 0.1) is 12.3 Å². The van der Waals surface area contributed by atoms with Crippen LogP contribution in [0, 0.1) is 17.2 Å². The number of piperazine rings is 1. The van der Waals surface area contributed by atoms with Gasteiger partial charge in [0, 0.05) is 26.2 Å². The zero-order valence-corrected chi connectivity index (χ0v) is 17.1. The summed E-state index contributed by atoms with van der Waals surface area (Å²) in [6.07, 6.45) is 7.68. The number of amides is 4. The molecule has 3 rings (SSSR count). The van der Waals surface area contributed by atoms with Gasteiger partial charge in [0.1, 0.15) is 12.6 Å². The Labute approximate surface area is 176 Å². The number of furan rings is 1. The van der Waals surface area contributed by atoms with Gasteiger partial charge in [-0.1, -0.05) is 32.1 Å². The van der Waals surface area contributed by atoms with Gasteiger partial charge in [-0.15, -0.1) is 0 Å². The van der Waals surface area contributed by atoms with Crippen molar-refractivity contribution >= 4 is 17.8 Å². The van der Waals surface area contributed by atoms with E-state index in [4.69, 9.17) is 9.68 Å². The average Bonchev–Trinajstić information content (AvgIpc) is 3.32. The zero-order valence-electron chi connectivity index (χ0n) is 17.1. The third-order valence-electron chi connectivity index (χ3n) is 5.84. The lowest BCUT2D eigenvalue weighted by atomic mass is 9.84. The molecule has 4 amide bonds. The Bertz CT molecular complexity index is 759. The number of nitrogens with zero attached hydrogens (tertiary/aromatic N) is 3. The minimum absolute atomic E-state index is 0.0799. The molecule has 1 atom stereocenters. The number of nitrogens with one attached hydrogen (secondary N) is 2. The van der Waals surface area contributed by atoms with Crippen LogP contribution < -0.4 is 10.6 Å². The van der Waals surface area contributed by atoms with Gasteiger partial charge in [-0.25, -0.2) is 4.79 Å². The van der Waals surface area contributed by atoms with Crippen molar-refractivity contribution < 1.29 is 18.8 Å². The van der Waals surface area contributed by atoms with Gasteiger partial charge in [0.25, 0.3) is 5.91 Å². The van der Waals surface area contributed by atoms with E-state index in [1.807, 2.05) is 6.07 Å². The predicted octanol–water partition coefficient (Wildman–Crippen LogP) is 1.73. The van der Waals surface area contributed by atoms with Crippen molar-refractivity contribution in [2.24, 2.45) is 5.92 Å². The van der Waals surface area contributed by atoms with E-state index in [2.05, 4.69) is 10.6 Å². The maximum absolute atomic E-state index is 12.8. The van der Waals surface area contributed by atoms with Crippen LogP contribution in [0.25, 0.3) is 0 Å². The molecule has 2 heterocycles. The molecule has 30 heavy (non-hydrogen) atoms. The van der Waals surface area contributed by atoms with Gasteiger partial charge in [0.2, 0.25) is 5.91 Å². The topological polar surface area (TPSA) is 119 Å². The molecular weight excluding hydrogens is 386 g/mol. The number of carbonyl (C=O) groups is 3. The van der Waals surface area contributed by atoms with Crippen molar-refractivity contribution in [3.05, 3.63) is 24.2 Å². The number of rotatable bonds is 6. The Balaban J connectivity index is 1.53. The second kappa shape index (κ2) is 10.7. The van der Waals surface area contributed by atoms with Crippen molar-refractivity contribution in [2.75, 3.05) is 32.7 Å². The Morgan fingerprint density at radius 1 is 1.13 bits per heavy atom. The molecule has 2 aliphatic rings. The van der Waals surface area contributed by atoms with Gasteiger partial charge in [-0.2, -0.15) is 5.26 Å². The molecule has 162 valence electrons. The summed E-state index contributed by atoms with van der Waals surface area (Å²) in [4.78, 5) is 40.9. The fraction of sp³-hybridized carbons (Fsp3) is 0.619. The molecule has 0 unspecified atom stereocenters. The Morgan fingerprint density at radius 2 is 1.83 bits per heavy atom. The largest absolute Gasteiger partial charge is 0.459 e. The molecule has 1 aromatic heterocycles. The van der Waals surface area contributed by atoms with Gasteiger partial charge in [0.15, 0.2) is 5.76 Å². The van der Waals surface area contributed by atoms with Crippen molar-refractivity contribution in [3.8, 4) is 6.07 Å². The van der Waals surface area contributed by atoms with Gasteiger partial charge in [-0.3, -0.25) is 9.59 Å². The van der Waals surface area contributed by atoms with E-state index in [-0.39, 0.29) is 30.2 Å². The van der Waals surface area contributed by atoms with Gasteiger partial charge in [-0.05, 0) is 24.5 Å². The second-order valence-electron chi connectivity index (χ2n) is 7.87. The number of urea groups is 1. The van der Waals surface area contributed by atoms with Gasteiger partial charge >= 0.3 is 6.03 Å². The highest BCUT2D eigenvalue weighted by Gasteiger charge is 2.30. The molecular formula is C21H29N5O4. The molecule has 1 aromatic rings. The lowest BCUT2D eigenvalue weighted by Crippen LogP contribution is -2.57. The molecule has 1 saturated carbocycles. The minimum atomic E-state index is -0.656. The summed E-state index contributed by atoms with van der Waals surface area (Å²) >= 11 is 0. The Morgan fingerprint density at radius 3 is 2.47 bits per heavy atom. The highest BCUT2D eigenvalue weighted by Crippen LogP contribution is 2.27. The summed E-state index contributed by atoms with van der Waals surface area (Å²) in [5.74, 6) is 0.183. The lowest BCUT2D eigenvalue weighted by Gasteiger charge is -2.35. The van der Waals surface area contributed by atoms with Crippen LogP contribution in [0.2, 0.25) is 0 Å². The summed E-state index contributed by atoms with van der Waals surface area (Å²) in [5.41, 5.74) is 0. The van der Waals surface area contributed by atoms with E-state index in [0.717, 1.165) is 25.7 Å². The number of nitriles is 1. The van der Waals surface area contributed by atoms with Crippen molar-refractivity contribution in [2.45, 2.75) is 44.6 Å². The van der Waals surface area contributed by atoms with Crippen molar-refractivity contribution in [1.29, 1.82) is 5.26 Å². The standard InChI is InChI=1S/C21H29N5O4/c22-8-9-23-19(27)17(15-16-5-2-1-3-6-16)24-21(29)26-12-10-25(11-13-26)20(28)18-7-4-14-30-18/h4,7,14,16-17H,1-3,5-6,9-13,15H2,(H,23,27)(H,24,29)/t17-/m0/s1. The van der Waals surface area contributed by atoms with Crippen LogP contribution in [0.15, 0.2) is 22.8 Å². The lowest BCUT2D eigenvalue weighted by molar-refractivity contribution is -0.123. The van der Waals surface area contributed by atoms with Crippen LogP contribution >= 0.6 is 0 Å². The molecule has 0 radical (unpaired) electrons. The summed E-state index contributed by atoms with van der Waals surface area (Å²) < 4.78 is 5.15. The van der Waals surface area contributed by atoms with Crippen LogP contribution in [-0.4, -0.2) is 66.4 Å². The van der Waals surface area contributed by atoms with E-state index in [0.29, 0.717) is 38.5 Å². The highest BCUT2D eigenvalue weighted by molar-refractivity contribution is 5.91. The Hall–Kier alpha value is -3.02. The second-order valence-corrected chi connectivity index (χ2v) is 7.87. The smallest absolute Gasteiger partial charge is 0.318 e. The molecule has 0 bridgehead atoms. The normalized spacial score (nSPS) is 18.4. The minimum Gasteiger partial charge on any atom is -0.459 e. The van der Waals surface area contributed by atoms with E-state index < -0.39 is 6.04 Å². The van der Waals surface area contributed by atoms with Crippen molar-refractivity contribution in [1.82, 2.24) is 20.4 Å². The molecule has 1 saturated heterocycles. The first-order chi connectivity index (χ1) is 14.6. The molecule has 2 N–H and O–H groups in total. The first-order valence-electron chi connectivity index (χ1n) is 10.6. The molecule has 2 fully saturated rings. The highest BCUT2D eigenvalue weighted by atomic mass is 16.3. The monoisotopic (exact) mass is 415 g/mol. The zero-order chi connectivity index (χ0) is 21.3. The third kappa shape index (κ3) is 5.75. The van der Waals surface area contributed by atoms with Gasteiger partial charge < -0.3 is 24.9 Å². The number of hydrogen-bond acceptors (Lipinski definition) is 5. The fourth-order valence-electron chi connectivity index (χ4n) is 4.15. The predicted molar refractivity (Wildman–Crippen MR) is 108 cm³/mol. The van der Waals surface area contributed by atoms with Crippen LogP contribution in [0.5, 0.6) is 0 Å². The number of carbonyl (C=O) groups excluding carboxylic acids is 3. The molecule has 1 aliphatic heterocycles. The summed E-state index contributed by atoms with van der Waals surface area (Å²) in [7, 11) is 0. The fourth-order valence-corrected chi connectivity index (χ4v) is 4.15. The first-order valence-corrected chi connectivity index (χ1v) is 10.6. The maximum atomic E-state index is 12.8. The molecule has 1 aliphatic carbocycles. The Kier molecular flexibility index (Phi) is 7.71. The summed E-state index contributed by atoms with van der Waals surface area (Å²) in [6, 6.07) is 4.22. The van der Waals surface area contributed by atoms with E-state index in [1.54, 1.807) is 21.9 Å². The van der Waals surface area contributed by atoms with Crippen molar-refractivity contribution in [3.63, 3.8) is 0 Å². The average molecular weight is 415 g/mol. The maximum Gasteiger partial charge on any atom is 0.318 e. The van der Waals surface area contributed by atoms with Crippen LogP contribution in [0.1, 0.15) is 49.1 Å². The summed E-state index contributed by atoms with van der Waals surface area (Å²) in [5, 5.41) is 14.2. The number of hydrogen-bond donors (Lipinski definition) is 2.